The summed E-state index contributed by atoms with van der Waals surface area (Å²) < 4.78 is 5.28. The average molecular weight is 452 g/mol. The van der Waals surface area contributed by atoms with Gasteiger partial charge in [-0.1, -0.05) is 71.1 Å². The number of carbonyl (C=O) groups excluding carboxylic acids is 1. The molecule has 0 unspecified atom stereocenters. The summed E-state index contributed by atoms with van der Waals surface area (Å²) in [7, 11) is 0. The minimum absolute atomic E-state index is 0.349. The first-order valence-electron chi connectivity index (χ1n) is 12.5. The van der Waals surface area contributed by atoms with Gasteiger partial charge in [-0.2, -0.15) is 0 Å². The molecule has 0 atom stereocenters. The maximum Gasteiger partial charge on any atom is 0.408 e. The van der Waals surface area contributed by atoms with Gasteiger partial charge in [0.25, 0.3) is 0 Å². The highest BCUT2D eigenvalue weighted by Crippen LogP contribution is 2.20. The fourth-order valence-electron chi connectivity index (χ4n) is 3.55. The van der Waals surface area contributed by atoms with Crippen molar-refractivity contribution in [3.05, 3.63) is 34.9 Å². The Labute approximate surface area is 197 Å². The molecule has 1 rings (SSSR count). The highest BCUT2D eigenvalue weighted by atomic mass is 16.6. The van der Waals surface area contributed by atoms with Gasteiger partial charge in [0, 0.05) is 0 Å². The molecule has 0 aliphatic rings. The normalized spacial score (nSPS) is 11.5. The van der Waals surface area contributed by atoms with Crippen LogP contribution < -0.4 is 5.32 Å². The van der Waals surface area contributed by atoms with Gasteiger partial charge in [0.05, 0.1) is 18.8 Å². The standard InChI is InChI=1S/C25H43NO4.C2H6/c1-6-7-8-9-10-11-12-21-13-14-22(20(2)17-21)15-16-25(18-27,19-28)26-23(29)30-24(3,4)5;1-2/h13-14,17,27-28H,6-12,15-16,18-19H2,1-5H3,(H,26,29);1-2H3. The molecule has 186 valence electrons. The number of benzene rings is 1. The molecule has 0 saturated carbocycles. The topological polar surface area (TPSA) is 78.8 Å². The van der Waals surface area contributed by atoms with Crippen molar-refractivity contribution >= 4 is 6.09 Å². The van der Waals surface area contributed by atoms with Gasteiger partial charge in [-0.3, -0.25) is 0 Å². The minimum Gasteiger partial charge on any atom is -0.444 e. The quantitative estimate of drug-likeness (QED) is 0.316. The zero-order valence-corrected chi connectivity index (χ0v) is 21.7. The van der Waals surface area contributed by atoms with E-state index in [2.05, 4.69) is 37.4 Å². The van der Waals surface area contributed by atoms with E-state index in [0.29, 0.717) is 12.8 Å². The molecule has 1 amide bonds. The Morgan fingerprint density at radius 3 is 2.09 bits per heavy atom. The van der Waals surface area contributed by atoms with E-state index in [0.717, 1.165) is 6.42 Å². The first kappa shape index (κ1) is 30.4. The average Bonchev–Trinajstić information content (AvgIpc) is 2.74. The minimum atomic E-state index is -1.11. The lowest BCUT2D eigenvalue weighted by Gasteiger charge is -2.32. The monoisotopic (exact) mass is 451 g/mol. The largest absolute Gasteiger partial charge is 0.444 e. The predicted octanol–water partition coefficient (Wildman–Crippen LogP) is 6.10. The molecule has 3 N–H and O–H groups in total. The Morgan fingerprint density at radius 1 is 0.969 bits per heavy atom. The molecule has 32 heavy (non-hydrogen) atoms. The first-order valence-corrected chi connectivity index (χ1v) is 12.5. The Bertz CT molecular complexity index is 633. The van der Waals surface area contributed by atoms with Crippen LogP contribution in [-0.4, -0.2) is 40.7 Å². The van der Waals surface area contributed by atoms with Crippen LogP contribution in [0.1, 0.15) is 103 Å². The zero-order chi connectivity index (χ0) is 24.6. The number of hydrogen-bond acceptors (Lipinski definition) is 4. The predicted molar refractivity (Wildman–Crippen MR) is 134 cm³/mol. The van der Waals surface area contributed by atoms with Crippen LogP contribution in [0.3, 0.4) is 0 Å². The third-order valence-corrected chi connectivity index (χ3v) is 5.47. The number of carbonyl (C=O) groups is 1. The molecule has 0 heterocycles. The van der Waals surface area contributed by atoms with Crippen LogP contribution in [0, 0.1) is 6.92 Å². The summed E-state index contributed by atoms with van der Waals surface area (Å²) in [5.74, 6) is 0. The molecular weight excluding hydrogens is 402 g/mol. The molecule has 1 aromatic rings. The maximum atomic E-state index is 12.1. The number of unbranched alkanes of at least 4 members (excludes halogenated alkanes) is 5. The lowest BCUT2D eigenvalue weighted by atomic mass is 9.90. The number of aliphatic hydroxyl groups is 2. The van der Waals surface area contributed by atoms with Crippen molar-refractivity contribution in [1.82, 2.24) is 5.32 Å². The second kappa shape index (κ2) is 16.1. The number of aryl methyl sites for hydroxylation is 3. The molecule has 5 nitrogen and oxygen atoms in total. The van der Waals surface area contributed by atoms with Crippen LogP contribution in [0.2, 0.25) is 0 Å². The van der Waals surface area contributed by atoms with Crippen LogP contribution in [0.15, 0.2) is 18.2 Å². The van der Waals surface area contributed by atoms with Gasteiger partial charge in [0.2, 0.25) is 0 Å². The van der Waals surface area contributed by atoms with Gasteiger partial charge in [0.1, 0.15) is 5.60 Å². The van der Waals surface area contributed by atoms with E-state index in [4.69, 9.17) is 4.74 Å². The van der Waals surface area contributed by atoms with Crippen molar-refractivity contribution in [3.8, 4) is 0 Å². The maximum absolute atomic E-state index is 12.1. The Balaban J connectivity index is 0.00000466. The zero-order valence-electron chi connectivity index (χ0n) is 21.7. The van der Waals surface area contributed by atoms with E-state index in [1.54, 1.807) is 20.8 Å². The van der Waals surface area contributed by atoms with Crippen molar-refractivity contribution in [2.45, 2.75) is 117 Å². The summed E-state index contributed by atoms with van der Waals surface area (Å²) >= 11 is 0. The summed E-state index contributed by atoms with van der Waals surface area (Å²) in [6, 6.07) is 6.55. The van der Waals surface area contributed by atoms with Crippen LogP contribution >= 0.6 is 0 Å². The second-order valence-electron chi connectivity index (χ2n) is 9.50. The molecule has 0 aliphatic heterocycles. The molecular formula is C27H49NO4. The second-order valence-corrected chi connectivity index (χ2v) is 9.50. The highest BCUT2D eigenvalue weighted by Gasteiger charge is 2.32. The van der Waals surface area contributed by atoms with E-state index < -0.39 is 17.2 Å². The Morgan fingerprint density at radius 2 is 1.56 bits per heavy atom. The molecule has 1 aromatic carbocycles. The van der Waals surface area contributed by atoms with Crippen molar-refractivity contribution in [3.63, 3.8) is 0 Å². The van der Waals surface area contributed by atoms with Crippen LogP contribution in [0.5, 0.6) is 0 Å². The van der Waals surface area contributed by atoms with Gasteiger partial charge < -0.3 is 20.3 Å². The summed E-state index contributed by atoms with van der Waals surface area (Å²) in [5.41, 5.74) is 1.99. The number of aliphatic hydroxyl groups excluding tert-OH is 2. The third-order valence-electron chi connectivity index (χ3n) is 5.47. The molecule has 0 fully saturated rings. The number of ether oxygens (including phenoxy) is 1. The van der Waals surface area contributed by atoms with Gasteiger partial charge in [0.15, 0.2) is 0 Å². The van der Waals surface area contributed by atoms with E-state index in [1.165, 1.54) is 55.2 Å². The van der Waals surface area contributed by atoms with Crippen LogP contribution in [0.4, 0.5) is 4.79 Å². The summed E-state index contributed by atoms with van der Waals surface area (Å²) in [6.45, 7) is 13.0. The number of hydrogen-bond donors (Lipinski definition) is 3. The number of amides is 1. The molecule has 0 saturated heterocycles. The first-order chi connectivity index (χ1) is 15.1. The van der Waals surface area contributed by atoms with Gasteiger partial charge in [-0.15, -0.1) is 0 Å². The molecule has 0 radical (unpaired) electrons. The van der Waals surface area contributed by atoms with E-state index >= 15 is 0 Å². The van der Waals surface area contributed by atoms with Crippen LogP contribution in [-0.2, 0) is 17.6 Å². The lowest BCUT2D eigenvalue weighted by molar-refractivity contribution is 0.0276. The summed E-state index contributed by atoms with van der Waals surface area (Å²) in [6.07, 6.45) is 9.33. The number of alkyl carbamates (subject to hydrolysis) is 1. The third kappa shape index (κ3) is 12.4. The van der Waals surface area contributed by atoms with Gasteiger partial charge >= 0.3 is 6.09 Å². The van der Waals surface area contributed by atoms with Gasteiger partial charge in [-0.05, 0) is 70.1 Å². The van der Waals surface area contributed by atoms with Crippen molar-refractivity contribution in [2.24, 2.45) is 0 Å². The molecule has 0 aliphatic carbocycles. The SMILES string of the molecule is CC.CCCCCCCCc1ccc(CCC(CO)(CO)NC(=O)OC(C)(C)C)c(C)c1. The van der Waals surface area contributed by atoms with Crippen LogP contribution in [0.25, 0.3) is 0 Å². The molecule has 5 heteroatoms. The van der Waals surface area contributed by atoms with Crippen molar-refractivity contribution < 1.29 is 19.7 Å². The fourth-order valence-corrected chi connectivity index (χ4v) is 3.55. The highest BCUT2D eigenvalue weighted by molar-refractivity contribution is 5.68. The van der Waals surface area contributed by atoms with Crippen molar-refractivity contribution in [2.75, 3.05) is 13.2 Å². The fraction of sp³-hybridized carbons (Fsp3) is 0.741. The smallest absolute Gasteiger partial charge is 0.408 e. The summed E-state index contributed by atoms with van der Waals surface area (Å²) in [4.78, 5) is 12.1. The number of rotatable bonds is 13. The molecule has 0 aromatic heterocycles. The Hall–Kier alpha value is -1.59. The van der Waals surface area contributed by atoms with E-state index in [1.807, 2.05) is 13.8 Å². The molecule has 0 bridgehead atoms. The lowest BCUT2D eigenvalue weighted by Crippen LogP contribution is -2.55. The van der Waals surface area contributed by atoms with E-state index in [-0.39, 0.29) is 13.2 Å². The molecule has 0 spiro atoms. The van der Waals surface area contributed by atoms with Gasteiger partial charge in [-0.25, -0.2) is 4.79 Å². The van der Waals surface area contributed by atoms with Crippen molar-refractivity contribution in [1.29, 1.82) is 0 Å². The number of nitrogens with one attached hydrogen (secondary N) is 1. The Kier molecular flexibility index (Phi) is 15.3. The van der Waals surface area contributed by atoms with E-state index in [9.17, 15) is 15.0 Å². The summed E-state index contributed by atoms with van der Waals surface area (Å²) in [5, 5.41) is 22.4.